The molecule has 22 heavy (non-hydrogen) atoms. The van der Waals surface area contributed by atoms with E-state index < -0.39 is 0 Å². The molecular formula is C18H24N4. The van der Waals surface area contributed by atoms with Crippen molar-refractivity contribution in [1.29, 1.82) is 0 Å². The molecule has 0 amide bonds. The second kappa shape index (κ2) is 5.84. The van der Waals surface area contributed by atoms with Crippen LogP contribution < -0.4 is 4.90 Å². The number of anilines is 1. The van der Waals surface area contributed by atoms with Gasteiger partial charge >= 0.3 is 0 Å². The van der Waals surface area contributed by atoms with E-state index in [4.69, 9.17) is 0 Å². The summed E-state index contributed by atoms with van der Waals surface area (Å²) in [6.07, 6.45) is 6.95. The van der Waals surface area contributed by atoms with Crippen molar-refractivity contribution in [3.8, 4) is 0 Å². The zero-order chi connectivity index (χ0) is 14.9. The van der Waals surface area contributed by atoms with Crippen molar-refractivity contribution < 1.29 is 0 Å². The third-order valence-electron chi connectivity index (χ3n) is 5.36. The van der Waals surface area contributed by atoms with Crippen LogP contribution in [0.4, 0.5) is 5.82 Å². The predicted octanol–water partition coefficient (Wildman–Crippen LogP) is 3.08. The van der Waals surface area contributed by atoms with Crippen LogP contribution in [0.5, 0.6) is 0 Å². The second-order valence-corrected chi connectivity index (χ2v) is 6.66. The molecule has 0 radical (unpaired) electrons. The van der Waals surface area contributed by atoms with Gasteiger partial charge in [-0.1, -0.05) is 12.1 Å². The summed E-state index contributed by atoms with van der Waals surface area (Å²) >= 11 is 0. The molecule has 0 N–H and O–H groups in total. The lowest BCUT2D eigenvalue weighted by molar-refractivity contribution is 0.163. The standard InChI is InChI=1S/C18H24N4/c1-14-5-4-10-22(14)15-8-11-21(12-9-15)18-16-6-2-3-7-17(16)19-13-20-18/h2-3,6-7,13-15H,4-5,8-12H2,1H3. The van der Waals surface area contributed by atoms with Gasteiger partial charge < -0.3 is 4.90 Å². The van der Waals surface area contributed by atoms with Crippen LogP contribution in [0.2, 0.25) is 0 Å². The first-order valence-electron chi connectivity index (χ1n) is 8.53. The smallest absolute Gasteiger partial charge is 0.139 e. The Hall–Kier alpha value is -1.68. The number of rotatable bonds is 2. The summed E-state index contributed by atoms with van der Waals surface area (Å²) in [4.78, 5) is 14.1. The molecule has 1 aromatic carbocycles. The lowest BCUT2D eigenvalue weighted by Gasteiger charge is -2.39. The van der Waals surface area contributed by atoms with Crippen molar-refractivity contribution in [3.05, 3.63) is 30.6 Å². The Bertz CT molecular complexity index is 643. The molecule has 1 unspecified atom stereocenters. The first kappa shape index (κ1) is 13.9. The van der Waals surface area contributed by atoms with Crippen LogP contribution in [0, 0.1) is 0 Å². The van der Waals surface area contributed by atoms with E-state index in [2.05, 4.69) is 44.9 Å². The quantitative estimate of drug-likeness (QED) is 0.852. The number of fused-ring (bicyclic) bond motifs is 1. The molecule has 1 aromatic heterocycles. The minimum Gasteiger partial charge on any atom is -0.356 e. The molecule has 2 saturated heterocycles. The van der Waals surface area contributed by atoms with E-state index in [1.807, 2.05) is 6.07 Å². The molecule has 2 aliphatic rings. The SMILES string of the molecule is CC1CCCN1C1CCN(c2ncnc3ccccc23)CC1. The summed E-state index contributed by atoms with van der Waals surface area (Å²) in [6, 6.07) is 9.87. The van der Waals surface area contributed by atoms with Crippen molar-refractivity contribution in [2.45, 2.75) is 44.7 Å². The average Bonchev–Trinajstić information content (AvgIpc) is 3.01. The maximum absolute atomic E-state index is 4.57. The maximum atomic E-state index is 4.57. The minimum absolute atomic E-state index is 0.766. The van der Waals surface area contributed by atoms with Gasteiger partial charge in [0.15, 0.2) is 0 Å². The summed E-state index contributed by atoms with van der Waals surface area (Å²) in [7, 11) is 0. The normalized spacial score (nSPS) is 24.2. The molecule has 2 aliphatic heterocycles. The summed E-state index contributed by atoms with van der Waals surface area (Å²) in [5.74, 6) is 1.11. The molecule has 2 fully saturated rings. The van der Waals surface area contributed by atoms with Gasteiger partial charge in [0, 0.05) is 30.6 Å². The molecular weight excluding hydrogens is 272 g/mol. The number of para-hydroxylation sites is 1. The molecule has 0 bridgehead atoms. The Labute approximate surface area is 132 Å². The summed E-state index contributed by atoms with van der Waals surface area (Å²) in [5.41, 5.74) is 1.04. The summed E-state index contributed by atoms with van der Waals surface area (Å²) in [6.45, 7) is 5.89. The molecule has 0 aliphatic carbocycles. The summed E-state index contributed by atoms with van der Waals surface area (Å²) < 4.78 is 0. The van der Waals surface area contributed by atoms with Crippen LogP contribution in [0.25, 0.3) is 10.9 Å². The average molecular weight is 296 g/mol. The van der Waals surface area contributed by atoms with Crippen molar-refractivity contribution >= 4 is 16.7 Å². The number of nitrogens with zero attached hydrogens (tertiary/aromatic N) is 4. The topological polar surface area (TPSA) is 32.3 Å². The van der Waals surface area contributed by atoms with Crippen molar-refractivity contribution in [2.75, 3.05) is 24.5 Å². The Balaban J connectivity index is 1.51. The molecule has 4 rings (SSSR count). The van der Waals surface area contributed by atoms with Crippen molar-refractivity contribution in [3.63, 3.8) is 0 Å². The number of piperidine rings is 1. The minimum atomic E-state index is 0.766. The van der Waals surface area contributed by atoms with E-state index in [1.165, 1.54) is 37.6 Å². The summed E-state index contributed by atoms with van der Waals surface area (Å²) in [5, 5.41) is 1.18. The largest absolute Gasteiger partial charge is 0.356 e. The highest BCUT2D eigenvalue weighted by molar-refractivity contribution is 5.89. The molecule has 2 aromatic rings. The van der Waals surface area contributed by atoms with Crippen LogP contribution in [0.15, 0.2) is 30.6 Å². The third kappa shape index (κ3) is 2.45. The first-order chi connectivity index (χ1) is 10.8. The van der Waals surface area contributed by atoms with Gasteiger partial charge in [-0.25, -0.2) is 9.97 Å². The van der Waals surface area contributed by atoms with Crippen LogP contribution in [-0.2, 0) is 0 Å². The number of aromatic nitrogens is 2. The van der Waals surface area contributed by atoms with E-state index in [0.29, 0.717) is 0 Å². The van der Waals surface area contributed by atoms with Crippen LogP contribution in [0.1, 0.15) is 32.6 Å². The molecule has 4 heteroatoms. The lowest BCUT2D eigenvalue weighted by atomic mass is 10.0. The second-order valence-electron chi connectivity index (χ2n) is 6.66. The van der Waals surface area contributed by atoms with E-state index in [9.17, 15) is 0 Å². The molecule has 3 heterocycles. The van der Waals surface area contributed by atoms with E-state index in [-0.39, 0.29) is 0 Å². The van der Waals surface area contributed by atoms with Gasteiger partial charge in [-0.15, -0.1) is 0 Å². The van der Waals surface area contributed by atoms with E-state index in [0.717, 1.165) is 36.5 Å². The zero-order valence-electron chi connectivity index (χ0n) is 13.3. The number of hydrogen-bond acceptors (Lipinski definition) is 4. The number of hydrogen-bond donors (Lipinski definition) is 0. The van der Waals surface area contributed by atoms with Gasteiger partial charge in [-0.3, -0.25) is 4.90 Å². The highest BCUT2D eigenvalue weighted by Crippen LogP contribution is 2.29. The predicted molar refractivity (Wildman–Crippen MR) is 90.2 cm³/mol. The van der Waals surface area contributed by atoms with Gasteiger partial charge in [-0.2, -0.15) is 0 Å². The van der Waals surface area contributed by atoms with Gasteiger partial charge in [0.1, 0.15) is 12.1 Å². The van der Waals surface area contributed by atoms with Crippen molar-refractivity contribution in [2.24, 2.45) is 0 Å². The van der Waals surface area contributed by atoms with Crippen molar-refractivity contribution in [1.82, 2.24) is 14.9 Å². The molecule has 0 saturated carbocycles. The van der Waals surface area contributed by atoms with Crippen LogP contribution >= 0.6 is 0 Å². The number of likely N-dealkylation sites (tertiary alicyclic amines) is 1. The fraction of sp³-hybridized carbons (Fsp3) is 0.556. The molecule has 0 spiro atoms. The Kier molecular flexibility index (Phi) is 3.70. The molecule has 116 valence electrons. The Morgan fingerprint density at radius 2 is 1.82 bits per heavy atom. The van der Waals surface area contributed by atoms with Crippen LogP contribution in [-0.4, -0.2) is 46.6 Å². The monoisotopic (exact) mass is 296 g/mol. The number of benzene rings is 1. The highest BCUT2D eigenvalue weighted by Gasteiger charge is 2.31. The fourth-order valence-electron chi connectivity index (χ4n) is 4.15. The van der Waals surface area contributed by atoms with Gasteiger partial charge in [0.05, 0.1) is 5.52 Å². The Morgan fingerprint density at radius 1 is 1.00 bits per heavy atom. The van der Waals surface area contributed by atoms with Gasteiger partial charge in [0.2, 0.25) is 0 Å². The zero-order valence-corrected chi connectivity index (χ0v) is 13.3. The third-order valence-corrected chi connectivity index (χ3v) is 5.36. The lowest BCUT2D eigenvalue weighted by Crippen LogP contribution is -2.46. The Morgan fingerprint density at radius 3 is 2.59 bits per heavy atom. The van der Waals surface area contributed by atoms with E-state index in [1.54, 1.807) is 6.33 Å². The maximum Gasteiger partial charge on any atom is 0.139 e. The first-order valence-corrected chi connectivity index (χ1v) is 8.53. The molecule has 4 nitrogen and oxygen atoms in total. The fourth-order valence-corrected chi connectivity index (χ4v) is 4.15. The van der Waals surface area contributed by atoms with Gasteiger partial charge in [-0.05, 0) is 51.3 Å². The van der Waals surface area contributed by atoms with Gasteiger partial charge in [0.25, 0.3) is 0 Å². The molecule has 1 atom stereocenters. The van der Waals surface area contributed by atoms with Crippen LogP contribution in [0.3, 0.4) is 0 Å². The highest BCUT2D eigenvalue weighted by atomic mass is 15.2. The van der Waals surface area contributed by atoms with E-state index >= 15 is 0 Å².